The van der Waals surface area contributed by atoms with Crippen molar-refractivity contribution in [3.8, 4) is 0 Å². The summed E-state index contributed by atoms with van der Waals surface area (Å²) in [7, 11) is 0. The fourth-order valence-corrected chi connectivity index (χ4v) is 0.873. The average molecular weight is 147 g/mol. The van der Waals surface area contributed by atoms with E-state index in [2.05, 4.69) is 11.6 Å². The molecule has 0 N–H and O–H groups in total. The molecule has 0 aliphatic heterocycles. The molecule has 0 radical (unpaired) electrons. The van der Waals surface area contributed by atoms with Crippen LogP contribution in [0.25, 0.3) is 6.08 Å². The molecule has 56 valence electrons. The van der Waals surface area contributed by atoms with Crippen LogP contribution in [0, 0.1) is 6.92 Å². The molecule has 1 aromatic heterocycles. The molecule has 1 rings (SSSR count). The summed E-state index contributed by atoms with van der Waals surface area (Å²) >= 11 is 0. The van der Waals surface area contributed by atoms with Gasteiger partial charge in [-0.2, -0.15) is 0 Å². The molecule has 11 heavy (non-hydrogen) atoms. The molecular weight excluding hydrogens is 138 g/mol. The van der Waals surface area contributed by atoms with Crippen molar-refractivity contribution in [3.63, 3.8) is 0 Å². The van der Waals surface area contributed by atoms with Gasteiger partial charge in [0.05, 0.1) is 0 Å². The van der Waals surface area contributed by atoms with Crippen LogP contribution in [0.3, 0.4) is 0 Å². The highest BCUT2D eigenvalue weighted by Crippen LogP contribution is 2.06. The van der Waals surface area contributed by atoms with Gasteiger partial charge in [0.25, 0.3) is 0 Å². The van der Waals surface area contributed by atoms with Gasteiger partial charge < -0.3 is 0 Å². The van der Waals surface area contributed by atoms with Gasteiger partial charge in [-0.15, -0.1) is 0 Å². The molecule has 0 fully saturated rings. The van der Waals surface area contributed by atoms with E-state index < -0.39 is 0 Å². The lowest BCUT2D eigenvalue weighted by Gasteiger charge is -1.97. The Morgan fingerprint density at radius 3 is 2.73 bits per heavy atom. The Balaban J connectivity index is 3.18. The van der Waals surface area contributed by atoms with Crippen LogP contribution < -0.4 is 0 Å². The normalized spacial score (nSPS) is 9.18. The number of hydrogen-bond acceptors (Lipinski definition) is 2. The summed E-state index contributed by atoms with van der Waals surface area (Å²) in [6.07, 6.45) is 2.46. The molecule has 0 aliphatic carbocycles. The minimum absolute atomic E-state index is 0.466. The minimum atomic E-state index is 0.466. The van der Waals surface area contributed by atoms with Crippen molar-refractivity contribution < 1.29 is 4.79 Å². The largest absolute Gasteiger partial charge is 0.296 e. The lowest BCUT2D eigenvalue weighted by molar-refractivity contribution is 0.111. The molecule has 0 unspecified atom stereocenters. The fourth-order valence-electron chi connectivity index (χ4n) is 0.873. The number of hydrogen-bond donors (Lipinski definition) is 0. The molecule has 0 saturated carbocycles. The third kappa shape index (κ3) is 1.52. The Bertz CT molecular complexity index is 292. The average Bonchev–Trinajstić information content (AvgIpc) is 2.04. The molecule has 1 aromatic rings. The Kier molecular flexibility index (Phi) is 2.16. The molecule has 0 spiro atoms. The van der Waals surface area contributed by atoms with Crippen molar-refractivity contribution in [3.05, 3.63) is 35.7 Å². The highest BCUT2D eigenvalue weighted by atomic mass is 16.1. The van der Waals surface area contributed by atoms with Crippen LogP contribution in [-0.4, -0.2) is 11.3 Å². The van der Waals surface area contributed by atoms with Crippen LogP contribution >= 0.6 is 0 Å². The second-order valence-electron chi connectivity index (χ2n) is 2.23. The molecule has 0 amide bonds. The molecule has 0 atom stereocenters. The zero-order valence-electron chi connectivity index (χ0n) is 6.37. The van der Waals surface area contributed by atoms with Crippen molar-refractivity contribution in [2.24, 2.45) is 0 Å². The van der Waals surface area contributed by atoms with Crippen molar-refractivity contribution in [2.75, 3.05) is 0 Å². The van der Waals surface area contributed by atoms with Gasteiger partial charge in [0, 0.05) is 5.69 Å². The summed E-state index contributed by atoms with van der Waals surface area (Å²) < 4.78 is 0. The van der Waals surface area contributed by atoms with Crippen LogP contribution in [-0.2, 0) is 0 Å². The molecule has 1 heterocycles. The summed E-state index contributed by atoms with van der Waals surface area (Å²) in [5.41, 5.74) is 2.27. The first-order valence-corrected chi connectivity index (χ1v) is 3.33. The quantitative estimate of drug-likeness (QED) is 0.597. The number of nitrogens with zero attached hydrogens (tertiary/aromatic N) is 1. The van der Waals surface area contributed by atoms with E-state index in [4.69, 9.17) is 0 Å². The van der Waals surface area contributed by atoms with Gasteiger partial charge in [-0.1, -0.05) is 18.7 Å². The molecule has 0 aromatic carbocycles. The van der Waals surface area contributed by atoms with Crippen LogP contribution in [0.1, 0.15) is 21.7 Å². The highest BCUT2D eigenvalue weighted by Gasteiger charge is 1.95. The smallest absolute Gasteiger partial charge is 0.168 e. The first-order valence-electron chi connectivity index (χ1n) is 3.33. The second kappa shape index (κ2) is 3.10. The van der Waals surface area contributed by atoms with Gasteiger partial charge in [0.2, 0.25) is 0 Å². The van der Waals surface area contributed by atoms with E-state index in [1.54, 1.807) is 12.1 Å². The number of carbonyl (C=O) groups is 1. The third-order valence-corrected chi connectivity index (χ3v) is 1.49. The Morgan fingerprint density at radius 2 is 2.27 bits per heavy atom. The summed E-state index contributed by atoms with van der Waals surface area (Å²) in [5.74, 6) is 0. The first kappa shape index (κ1) is 7.66. The topological polar surface area (TPSA) is 30.0 Å². The van der Waals surface area contributed by atoms with E-state index in [1.807, 2.05) is 13.0 Å². The zero-order chi connectivity index (χ0) is 8.27. The summed E-state index contributed by atoms with van der Waals surface area (Å²) in [4.78, 5) is 14.3. The van der Waals surface area contributed by atoms with Crippen molar-refractivity contribution in [1.29, 1.82) is 0 Å². The fraction of sp³-hybridized carbons (Fsp3) is 0.111. The number of rotatable bonds is 2. The maximum atomic E-state index is 10.3. The number of aromatic nitrogens is 1. The minimum Gasteiger partial charge on any atom is -0.296 e. The maximum Gasteiger partial charge on any atom is 0.168 e. The van der Waals surface area contributed by atoms with Crippen LogP contribution in [0.15, 0.2) is 18.7 Å². The van der Waals surface area contributed by atoms with Crippen molar-refractivity contribution in [1.82, 2.24) is 4.98 Å². The van der Waals surface area contributed by atoms with Crippen molar-refractivity contribution >= 4 is 12.4 Å². The lowest BCUT2D eigenvalue weighted by Crippen LogP contribution is -1.91. The van der Waals surface area contributed by atoms with Crippen molar-refractivity contribution in [2.45, 2.75) is 6.92 Å². The van der Waals surface area contributed by atoms with E-state index in [-0.39, 0.29) is 0 Å². The Hall–Kier alpha value is -1.44. The van der Waals surface area contributed by atoms with E-state index in [1.165, 1.54) is 0 Å². The van der Waals surface area contributed by atoms with Crippen LogP contribution in [0.2, 0.25) is 0 Å². The van der Waals surface area contributed by atoms with Gasteiger partial charge in [-0.05, 0) is 18.6 Å². The molecule has 2 nitrogen and oxygen atoms in total. The second-order valence-corrected chi connectivity index (χ2v) is 2.23. The third-order valence-electron chi connectivity index (χ3n) is 1.49. The number of carbonyl (C=O) groups excluding carboxylic acids is 1. The van der Waals surface area contributed by atoms with Gasteiger partial charge in [-0.3, -0.25) is 4.79 Å². The van der Waals surface area contributed by atoms with E-state index in [0.29, 0.717) is 5.69 Å². The van der Waals surface area contributed by atoms with E-state index in [0.717, 1.165) is 17.5 Å². The molecule has 0 aliphatic rings. The molecule has 2 heteroatoms. The SMILES string of the molecule is C=Cc1ccc(C=O)nc1C. The van der Waals surface area contributed by atoms with E-state index >= 15 is 0 Å². The van der Waals surface area contributed by atoms with Gasteiger partial charge >= 0.3 is 0 Å². The summed E-state index contributed by atoms with van der Waals surface area (Å²) in [6.45, 7) is 5.47. The first-order chi connectivity index (χ1) is 5.27. The van der Waals surface area contributed by atoms with Crippen LogP contribution in [0.5, 0.6) is 0 Å². The zero-order valence-corrected chi connectivity index (χ0v) is 6.37. The highest BCUT2D eigenvalue weighted by molar-refractivity contribution is 5.72. The molecule has 0 saturated heterocycles. The van der Waals surface area contributed by atoms with Gasteiger partial charge in [0.1, 0.15) is 5.69 Å². The van der Waals surface area contributed by atoms with Gasteiger partial charge in [-0.25, -0.2) is 4.98 Å². The van der Waals surface area contributed by atoms with Gasteiger partial charge in [0.15, 0.2) is 6.29 Å². The monoisotopic (exact) mass is 147 g/mol. The molecular formula is C9H9NO. The predicted molar refractivity (Wildman–Crippen MR) is 44.5 cm³/mol. The number of aldehydes is 1. The lowest BCUT2D eigenvalue weighted by atomic mass is 10.2. The summed E-state index contributed by atoms with van der Waals surface area (Å²) in [5, 5.41) is 0. The van der Waals surface area contributed by atoms with E-state index in [9.17, 15) is 4.79 Å². The standard InChI is InChI=1S/C9H9NO/c1-3-8-4-5-9(6-11)10-7(8)2/h3-6H,1H2,2H3. The van der Waals surface area contributed by atoms with Crippen LogP contribution in [0.4, 0.5) is 0 Å². The number of aryl methyl sites for hydroxylation is 1. The maximum absolute atomic E-state index is 10.3. The summed E-state index contributed by atoms with van der Waals surface area (Å²) in [6, 6.07) is 3.51. The Labute approximate surface area is 65.6 Å². The molecule has 0 bridgehead atoms. The number of pyridine rings is 1. The Morgan fingerprint density at radius 1 is 1.55 bits per heavy atom. The predicted octanol–water partition coefficient (Wildman–Crippen LogP) is 1.85.